The van der Waals surface area contributed by atoms with Crippen molar-refractivity contribution in [3.05, 3.63) is 89.0 Å². The molecule has 2 N–H and O–H groups in total. The Morgan fingerprint density at radius 1 is 1.12 bits per heavy atom. The van der Waals surface area contributed by atoms with Gasteiger partial charge in [-0.1, -0.05) is 50.2 Å². The number of hydrogen-bond acceptors (Lipinski definition) is 9. The number of benzene rings is 2. The minimum Gasteiger partial charge on any atom is -0.491 e. The molecule has 0 amide bonds. The first-order valence-electron chi connectivity index (χ1n) is 14.3. The van der Waals surface area contributed by atoms with E-state index >= 15 is 0 Å². The van der Waals surface area contributed by atoms with E-state index in [0.29, 0.717) is 19.7 Å². The Balaban J connectivity index is 1.26. The van der Waals surface area contributed by atoms with E-state index in [9.17, 15) is 8.42 Å². The second-order valence-electron chi connectivity index (χ2n) is 11.9. The molecule has 1 atom stereocenters. The molecule has 3 aromatic rings. The number of fused-ring (bicyclic) bond motifs is 2. The fourth-order valence-electron chi connectivity index (χ4n) is 5.73. The van der Waals surface area contributed by atoms with E-state index < -0.39 is 16.3 Å². The quantitative estimate of drug-likeness (QED) is 0.431. The lowest BCUT2D eigenvalue weighted by Gasteiger charge is -2.33. The fourth-order valence-corrected chi connectivity index (χ4v) is 6.27. The molecular weight excluding hydrogens is 550 g/mol. The van der Waals surface area contributed by atoms with Crippen LogP contribution in [0.3, 0.4) is 0 Å². The minimum atomic E-state index is -3.54. The van der Waals surface area contributed by atoms with Gasteiger partial charge in [-0.25, -0.2) is 18.4 Å². The van der Waals surface area contributed by atoms with Crippen molar-refractivity contribution in [1.82, 2.24) is 25.1 Å². The van der Waals surface area contributed by atoms with Crippen molar-refractivity contribution in [1.29, 1.82) is 0 Å². The van der Waals surface area contributed by atoms with Gasteiger partial charge in [0.05, 0.1) is 12.8 Å². The third kappa shape index (κ3) is 6.48. The molecule has 2 aromatic carbocycles. The van der Waals surface area contributed by atoms with E-state index in [-0.39, 0.29) is 5.41 Å². The molecule has 1 aromatic heterocycles. The summed E-state index contributed by atoms with van der Waals surface area (Å²) in [5.74, 6) is 1.83. The van der Waals surface area contributed by atoms with Crippen molar-refractivity contribution in [2.45, 2.75) is 52.5 Å². The number of aryl methyl sites for hydroxylation is 1. The average Bonchev–Trinajstić information content (AvgIpc) is 3.17. The number of sulfonamides is 1. The van der Waals surface area contributed by atoms with Crippen LogP contribution in [0.5, 0.6) is 5.75 Å². The molecule has 3 heterocycles. The van der Waals surface area contributed by atoms with Gasteiger partial charge in [-0.3, -0.25) is 15.3 Å². The van der Waals surface area contributed by atoms with Gasteiger partial charge in [0.1, 0.15) is 24.5 Å². The molecule has 0 radical (unpaired) electrons. The monoisotopic (exact) mass is 587 g/mol. The summed E-state index contributed by atoms with van der Waals surface area (Å²) < 4.78 is 30.6. The third-order valence-corrected chi connectivity index (χ3v) is 8.42. The summed E-state index contributed by atoms with van der Waals surface area (Å²) in [5.41, 5.74) is 6.41. The summed E-state index contributed by atoms with van der Waals surface area (Å²) in [4.78, 5) is 18.9. The first-order chi connectivity index (χ1) is 20.1. The fraction of sp³-hybridized carbons (Fsp3) is 0.387. The van der Waals surface area contributed by atoms with Crippen LogP contribution in [-0.2, 0) is 36.0 Å². The highest BCUT2D eigenvalue weighted by molar-refractivity contribution is 7.88. The summed E-state index contributed by atoms with van der Waals surface area (Å²) >= 11 is 0. The van der Waals surface area contributed by atoms with Gasteiger partial charge in [-0.2, -0.15) is 0 Å². The zero-order valence-electron chi connectivity index (χ0n) is 24.2. The van der Waals surface area contributed by atoms with Gasteiger partial charge in [0.25, 0.3) is 0 Å². The maximum Gasteiger partial charge on any atom is 0.225 e. The number of nitrogens with zero attached hydrogens (tertiary/aromatic N) is 5. The molecular formula is C31H37N7O3S. The molecule has 42 heavy (non-hydrogen) atoms. The van der Waals surface area contributed by atoms with Gasteiger partial charge < -0.3 is 9.64 Å². The van der Waals surface area contributed by atoms with Crippen molar-refractivity contribution in [2.24, 2.45) is 10.4 Å². The van der Waals surface area contributed by atoms with Gasteiger partial charge in [-0.15, -0.1) is 4.83 Å². The van der Waals surface area contributed by atoms with Crippen LogP contribution < -0.4 is 19.8 Å². The van der Waals surface area contributed by atoms with E-state index in [4.69, 9.17) is 9.72 Å². The lowest BCUT2D eigenvalue weighted by Crippen LogP contribution is -2.51. The first kappa shape index (κ1) is 28.3. The number of hydrogen-bond donors (Lipinski definition) is 2. The summed E-state index contributed by atoms with van der Waals surface area (Å²) in [6.45, 7) is 7.07. The van der Waals surface area contributed by atoms with Crippen LogP contribution in [0, 0.1) is 5.41 Å². The van der Waals surface area contributed by atoms with Crippen molar-refractivity contribution >= 4 is 27.6 Å². The van der Waals surface area contributed by atoms with Crippen LogP contribution >= 0.6 is 0 Å². The van der Waals surface area contributed by atoms with Crippen LogP contribution in [0.1, 0.15) is 48.2 Å². The maximum absolute atomic E-state index is 12.2. The van der Waals surface area contributed by atoms with E-state index in [1.807, 2.05) is 42.5 Å². The third-order valence-electron chi connectivity index (χ3n) is 7.88. The van der Waals surface area contributed by atoms with Crippen molar-refractivity contribution in [2.75, 3.05) is 24.3 Å². The van der Waals surface area contributed by atoms with Gasteiger partial charge in [0, 0.05) is 47.9 Å². The lowest BCUT2D eigenvalue weighted by atomic mass is 9.76. The van der Waals surface area contributed by atoms with Gasteiger partial charge in [0.15, 0.2) is 6.29 Å². The molecule has 0 spiro atoms. The maximum atomic E-state index is 12.2. The molecule has 0 bridgehead atoms. The summed E-state index contributed by atoms with van der Waals surface area (Å²) in [7, 11) is -3.54. The summed E-state index contributed by atoms with van der Waals surface area (Å²) in [5, 5.41) is 4.81. The van der Waals surface area contributed by atoms with Gasteiger partial charge in [-0.05, 0) is 47.9 Å². The molecule has 220 valence electrons. The summed E-state index contributed by atoms with van der Waals surface area (Å²) in [6.07, 6.45) is 8.82. The van der Waals surface area contributed by atoms with Crippen LogP contribution in [-0.4, -0.2) is 55.3 Å². The number of ether oxygens (including phenoxy) is 1. The molecule has 3 aliphatic rings. The molecule has 1 aliphatic carbocycles. The average molecular weight is 588 g/mol. The number of aliphatic imine (C=N–C) groups is 1. The Morgan fingerprint density at radius 2 is 1.95 bits per heavy atom. The van der Waals surface area contributed by atoms with Crippen molar-refractivity contribution in [3.63, 3.8) is 0 Å². The summed E-state index contributed by atoms with van der Waals surface area (Å²) in [6, 6.07) is 16.0. The SMILES string of the molecule is CC1(C)CCc2ncnc(N3CCOc4ccc(C5=CN(NS(C)(=O)=O)C(NCc6ccccc6)N=C5)cc4C3)c2C1. The largest absolute Gasteiger partial charge is 0.491 e. The predicted molar refractivity (Wildman–Crippen MR) is 164 cm³/mol. The minimum absolute atomic E-state index is 0.215. The molecule has 1 unspecified atom stereocenters. The standard InChI is InChI=1S/C31H37N7O3S/c1-31(2)12-11-27-26(16-31)29(35-21-34-27)37-13-14-41-28-10-9-23(15-24(28)19-37)25-18-33-30(38(20-25)36-42(3,39)40)32-17-22-7-5-4-6-8-22/h4-10,15,18,20-21,30,32,36H,11-14,16-17,19H2,1-3H3. The molecule has 0 saturated carbocycles. The molecule has 6 rings (SSSR count). The number of hydrazine groups is 1. The topological polar surface area (TPSA) is 112 Å². The Hall–Kier alpha value is -3.80. The predicted octanol–water partition coefficient (Wildman–Crippen LogP) is 3.66. The second kappa shape index (κ2) is 11.5. The molecule has 10 nitrogen and oxygen atoms in total. The highest BCUT2D eigenvalue weighted by atomic mass is 32.2. The first-order valence-corrected chi connectivity index (χ1v) is 16.1. The normalized spacial score (nSPS) is 19.8. The lowest BCUT2D eigenvalue weighted by molar-refractivity contribution is 0.211. The number of allylic oxidation sites excluding steroid dienone is 1. The molecule has 2 aliphatic heterocycles. The molecule has 0 fully saturated rings. The van der Waals surface area contributed by atoms with Crippen LogP contribution in [0.15, 0.2) is 66.1 Å². The Kier molecular flexibility index (Phi) is 7.73. The number of anilines is 1. The molecule has 11 heteroatoms. The Labute approximate surface area is 247 Å². The van der Waals surface area contributed by atoms with Crippen LogP contribution in [0.25, 0.3) is 5.57 Å². The Morgan fingerprint density at radius 3 is 2.76 bits per heavy atom. The smallest absolute Gasteiger partial charge is 0.225 e. The van der Waals surface area contributed by atoms with E-state index in [1.165, 1.54) is 10.6 Å². The second-order valence-corrected chi connectivity index (χ2v) is 13.7. The van der Waals surface area contributed by atoms with E-state index in [0.717, 1.165) is 71.6 Å². The van der Waals surface area contributed by atoms with Crippen molar-refractivity contribution < 1.29 is 13.2 Å². The molecule has 0 saturated heterocycles. The van der Waals surface area contributed by atoms with E-state index in [1.54, 1.807) is 18.7 Å². The van der Waals surface area contributed by atoms with Crippen LogP contribution in [0.4, 0.5) is 5.82 Å². The highest BCUT2D eigenvalue weighted by Crippen LogP contribution is 2.38. The zero-order chi connectivity index (χ0) is 29.3. The highest BCUT2D eigenvalue weighted by Gasteiger charge is 2.31. The number of nitrogens with one attached hydrogen (secondary N) is 2. The number of aromatic nitrogens is 2. The van der Waals surface area contributed by atoms with Crippen LogP contribution in [0.2, 0.25) is 0 Å². The van der Waals surface area contributed by atoms with E-state index in [2.05, 4.69) is 44.9 Å². The van der Waals surface area contributed by atoms with Crippen molar-refractivity contribution in [3.8, 4) is 5.75 Å². The zero-order valence-corrected chi connectivity index (χ0v) is 25.1. The van der Waals surface area contributed by atoms with Gasteiger partial charge in [0.2, 0.25) is 10.0 Å². The number of rotatable bonds is 7. The van der Waals surface area contributed by atoms with Gasteiger partial charge >= 0.3 is 0 Å². The Bertz CT molecular complexity index is 1620.